The van der Waals surface area contributed by atoms with Crippen molar-refractivity contribution in [1.29, 1.82) is 0 Å². The van der Waals surface area contributed by atoms with Gasteiger partial charge in [0.2, 0.25) is 0 Å². The predicted molar refractivity (Wildman–Crippen MR) is 76.5 cm³/mol. The molecule has 1 aliphatic carbocycles. The standard InChI is InChI=1S/C13H19IN2/c1-16(9-8-15-13-6-7-13)10-11-2-4-12(14)5-3-11/h2-5,13,15H,6-10H2,1H3. The van der Waals surface area contributed by atoms with Crippen LogP contribution in [-0.2, 0) is 6.54 Å². The number of nitrogens with zero attached hydrogens (tertiary/aromatic N) is 1. The molecule has 0 saturated heterocycles. The fourth-order valence-electron chi connectivity index (χ4n) is 1.73. The second-order valence-electron chi connectivity index (χ2n) is 4.59. The Hall–Kier alpha value is -0.130. The van der Waals surface area contributed by atoms with Gasteiger partial charge in [-0.3, -0.25) is 0 Å². The first kappa shape index (κ1) is 12.3. The summed E-state index contributed by atoms with van der Waals surface area (Å²) >= 11 is 2.34. The van der Waals surface area contributed by atoms with E-state index in [0.29, 0.717) is 0 Å². The quantitative estimate of drug-likeness (QED) is 0.806. The summed E-state index contributed by atoms with van der Waals surface area (Å²) in [5, 5.41) is 3.54. The second-order valence-corrected chi connectivity index (χ2v) is 5.84. The second kappa shape index (κ2) is 5.98. The molecule has 0 spiro atoms. The maximum Gasteiger partial charge on any atom is 0.0231 e. The van der Waals surface area contributed by atoms with Gasteiger partial charge in [-0.15, -0.1) is 0 Å². The molecule has 0 atom stereocenters. The van der Waals surface area contributed by atoms with E-state index in [1.807, 2.05) is 0 Å². The highest BCUT2D eigenvalue weighted by atomic mass is 127. The Morgan fingerprint density at radius 2 is 2.00 bits per heavy atom. The minimum Gasteiger partial charge on any atom is -0.313 e. The predicted octanol–water partition coefficient (Wildman–Crippen LogP) is 2.47. The third kappa shape index (κ3) is 4.39. The number of hydrogen-bond donors (Lipinski definition) is 1. The Morgan fingerprint density at radius 1 is 1.31 bits per heavy atom. The van der Waals surface area contributed by atoms with Gasteiger partial charge in [0.15, 0.2) is 0 Å². The van der Waals surface area contributed by atoms with Crippen LogP contribution in [0.15, 0.2) is 24.3 Å². The molecule has 88 valence electrons. The van der Waals surface area contributed by atoms with Crippen LogP contribution in [0.3, 0.4) is 0 Å². The van der Waals surface area contributed by atoms with Gasteiger partial charge < -0.3 is 10.2 Å². The number of rotatable bonds is 6. The summed E-state index contributed by atoms with van der Waals surface area (Å²) in [6.07, 6.45) is 2.75. The third-order valence-corrected chi connectivity index (χ3v) is 3.59. The summed E-state index contributed by atoms with van der Waals surface area (Å²) in [5.41, 5.74) is 1.40. The molecule has 1 saturated carbocycles. The van der Waals surface area contributed by atoms with Crippen molar-refractivity contribution < 1.29 is 0 Å². The van der Waals surface area contributed by atoms with Gasteiger partial charge in [-0.1, -0.05) is 12.1 Å². The van der Waals surface area contributed by atoms with Gasteiger partial charge >= 0.3 is 0 Å². The lowest BCUT2D eigenvalue weighted by molar-refractivity contribution is 0.324. The van der Waals surface area contributed by atoms with Crippen molar-refractivity contribution in [3.8, 4) is 0 Å². The van der Waals surface area contributed by atoms with E-state index in [-0.39, 0.29) is 0 Å². The van der Waals surface area contributed by atoms with E-state index < -0.39 is 0 Å². The Bertz CT molecular complexity index is 319. The molecule has 0 unspecified atom stereocenters. The normalized spacial score (nSPS) is 15.7. The van der Waals surface area contributed by atoms with Gasteiger partial charge in [-0.05, 0) is 60.2 Å². The molecule has 0 heterocycles. The lowest BCUT2D eigenvalue weighted by atomic mass is 10.2. The molecule has 1 aromatic rings. The Morgan fingerprint density at radius 3 is 2.62 bits per heavy atom. The highest BCUT2D eigenvalue weighted by molar-refractivity contribution is 14.1. The SMILES string of the molecule is CN(CCNC1CC1)Cc1ccc(I)cc1. The highest BCUT2D eigenvalue weighted by Crippen LogP contribution is 2.18. The van der Waals surface area contributed by atoms with Gasteiger partial charge in [0.25, 0.3) is 0 Å². The molecule has 2 nitrogen and oxygen atoms in total. The first-order valence-corrected chi connectivity index (χ1v) is 6.98. The molecule has 16 heavy (non-hydrogen) atoms. The zero-order valence-electron chi connectivity index (χ0n) is 9.75. The molecule has 2 rings (SSSR count). The molecule has 1 aromatic carbocycles. The van der Waals surface area contributed by atoms with Gasteiger partial charge in [-0.2, -0.15) is 0 Å². The average Bonchev–Trinajstić information content (AvgIpc) is 3.05. The maximum atomic E-state index is 3.54. The average molecular weight is 330 g/mol. The van der Waals surface area contributed by atoms with Crippen LogP contribution in [-0.4, -0.2) is 31.1 Å². The largest absolute Gasteiger partial charge is 0.313 e. The Labute approximate surface area is 112 Å². The van der Waals surface area contributed by atoms with Crippen molar-refractivity contribution in [2.24, 2.45) is 0 Å². The summed E-state index contributed by atoms with van der Waals surface area (Å²) in [4.78, 5) is 2.37. The van der Waals surface area contributed by atoms with E-state index >= 15 is 0 Å². The van der Waals surface area contributed by atoms with E-state index in [0.717, 1.165) is 25.7 Å². The number of nitrogens with one attached hydrogen (secondary N) is 1. The summed E-state index contributed by atoms with van der Waals surface area (Å²) in [7, 11) is 2.19. The smallest absolute Gasteiger partial charge is 0.0231 e. The fourth-order valence-corrected chi connectivity index (χ4v) is 2.09. The Balaban J connectivity index is 1.68. The first-order chi connectivity index (χ1) is 7.74. The summed E-state index contributed by atoms with van der Waals surface area (Å²) in [6, 6.07) is 9.60. The lowest BCUT2D eigenvalue weighted by Gasteiger charge is -2.17. The van der Waals surface area contributed by atoms with Crippen LogP contribution in [0.2, 0.25) is 0 Å². The molecular formula is C13H19IN2. The monoisotopic (exact) mass is 330 g/mol. The lowest BCUT2D eigenvalue weighted by Crippen LogP contribution is -2.30. The van der Waals surface area contributed by atoms with Gasteiger partial charge in [-0.25, -0.2) is 0 Å². The number of benzene rings is 1. The van der Waals surface area contributed by atoms with Gasteiger partial charge in [0.05, 0.1) is 0 Å². The Kier molecular flexibility index (Phi) is 4.61. The zero-order valence-corrected chi connectivity index (χ0v) is 11.9. The van der Waals surface area contributed by atoms with Crippen LogP contribution in [0.5, 0.6) is 0 Å². The summed E-state index contributed by atoms with van der Waals surface area (Å²) < 4.78 is 1.31. The van der Waals surface area contributed by atoms with Crippen LogP contribution in [0.1, 0.15) is 18.4 Å². The van der Waals surface area contributed by atoms with Crippen LogP contribution in [0, 0.1) is 3.57 Å². The van der Waals surface area contributed by atoms with Gasteiger partial charge in [0, 0.05) is 29.2 Å². The topological polar surface area (TPSA) is 15.3 Å². The third-order valence-electron chi connectivity index (χ3n) is 2.87. The molecule has 0 aliphatic heterocycles. The minimum absolute atomic E-state index is 0.826. The molecule has 0 aromatic heterocycles. The van der Waals surface area contributed by atoms with Crippen LogP contribution in [0.4, 0.5) is 0 Å². The van der Waals surface area contributed by atoms with E-state index in [4.69, 9.17) is 0 Å². The number of hydrogen-bond acceptors (Lipinski definition) is 2. The van der Waals surface area contributed by atoms with Crippen LogP contribution >= 0.6 is 22.6 Å². The summed E-state index contributed by atoms with van der Waals surface area (Å²) in [6.45, 7) is 3.29. The fraction of sp³-hybridized carbons (Fsp3) is 0.538. The van der Waals surface area contributed by atoms with E-state index in [2.05, 4.69) is 64.1 Å². The van der Waals surface area contributed by atoms with Crippen molar-refractivity contribution in [2.45, 2.75) is 25.4 Å². The van der Waals surface area contributed by atoms with E-state index in [9.17, 15) is 0 Å². The number of halogens is 1. The van der Waals surface area contributed by atoms with Crippen molar-refractivity contribution in [1.82, 2.24) is 10.2 Å². The van der Waals surface area contributed by atoms with Crippen LogP contribution in [0.25, 0.3) is 0 Å². The molecule has 1 aliphatic rings. The van der Waals surface area contributed by atoms with Gasteiger partial charge in [0.1, 0.15) is 0 Å². The van der Waals surface area contributed by atoms with Crippen molar-refractivity contribution >= 4 is 22.6 Å². The molecule has 1 fully saturated rings. The molecular weight excluding hydrogens is 311 g/mol. The molecule has 0 radical (unpaired) electrons. The molecule has 3 heteroatoms. The van der Waals surface area contributed by atoms with Crippen molar-refractivity contribution in [3.63, 3.8) is 0 Å². The maximum absolute atomic E-state index is 3.54. The number of likely N-dealkylation sites (N-methyl/N-ethyl adjacent to an activating group) is 1. The van der Waals surface area contributed by atoms with E-state index in [1.54, 1.807) is 0 Å². The molecule has 0 amide bonds. The summed E-state index contributed by atoms with van der Waals surface area (Å²) in [5.74, 6) is 0. The first-order valence-electron chi connectivity index (χ1n) is 5.90. The van der Waals surface area contributed by atoms with Crippen LogP contribution < -0.4 is 5.32 Å². The molecule has 1 N–H and O–H groups in total. The van der Waals surface area contributed by atoms with Crippen molar-refractivity contribution in [3.05, 3.63) is 33.4 Å². The zero-order chi connectivity index (χ0) is 11.4. The minimum atomic E-state index is 0.826. The van der Waals surface area contributed by atoms with Crippen molar-refractivity contribution in [2.75, 3.05) is 20.1 Å². The highest BCUT2D eigenvalue weighted by Gasteiger charge is 2.19. The van der Waals surface area contributed by atoms with E-state index in [1.165, 1.54) is 22.0 Å². The molecule has 0 bridgehead atoms.